The van der Waals surface area contributed by atoms with Crippen LogP contribution in [-0.4, -0.2) is 12.3 Å². The lowest BCUT2D eigenvalue weighted by Crippen LogP contribution is -2.39. The molecule has 1 aliphatic carbocycles. The Morgan fingerprint density at radius 3 is 2.22 bits per heavy atom. The van der Waals surface area contributed by atoms with E-state index in [1.165, 1.54) is 12.8 Å². The lowest BCUT2D eigenvalue weighted by atomic mass is 9.75. The lowest BCUT2D eigenvalue weighted by Gasteiger charge is -2.29. The van der Waals surface area contributed by atoms with Crippen LogP contribution in [-0.2, 0) is 11.2 Å². The molecule has 0 aliphatic heterocycles. The van der Waals surface area contributed by atoms with Gasteiger partial charge >= 0.3 is 0 Å². The molecule has 0 aromatic heterocycles. The minimum absolute atomic E-state index is 0.244. The van der Waals surface area contributed by atoms with Crippen molar-refractivity contribution in [1.29, 1.82) is 0 Å². The van der Waals surface area contributed by atoms with Gasteiger partial charge in [-0.05, 0) is 18.4 Å². The van der Waals surface area contributed by atoms with Crippen LogP contribution in [0, 0.1) is 5.41 Å². The zero-order valence-corrected chi connectivity index (χ0v) is 11.0. The van der Waals surface area contributed by atoms with Crippen LogP contribution in [0.3, 0.4) is 0 Å². The van der Waals surface area contributed by atoms with E-state index in [9.17, 15) is 4.79 Å². The SMILES string of the molecule is NCC1(C(=O)Cc2ccccc2)CCCCCC1. The standard InChI is InChI=1S/C16H23NO/c17-13-16(10-6-1-2-7-11-16)15(18)12-14-8-4-3-5-9-14/h3-5,8-9H,1-2,6-7,10-13,17H2. The minimum atomic E-state index is -0.244. The fourth-order valence-corrected chi connectivity index (χ4v) is 2.97. The topological polar surface area (TPSA) is 43.1 Å². The van der Waals surface area contributed by atoms with E-state index in [4.69, 9.17) is 5.73 Å². The summed E-state index contributed by atoms with van der Waals surface area (Å²) >= 11 is 0. The Bertz CT molecular complexity index is 377. The molecule has 0 atom stereocenters. The molecule has 2 rings (SSSR count). The van der Waals surface area contributed by atoms with E-state index in [0.717, 1.165) is 31.2 Å². The average Bonchev–Trinajstić information content (AvgIpc) is 2.66. The van der Waals surface area contributed by atoms with Crippen LogP contribution >= 0.6 is 0 Å². The Morgan fingerprint density at radius 2 is 1.67 bits per heavy atom. The largest absolute Gasteiger partial charge is 0.329 e. The summed E-state index contributed by atoms with van der Waals surface area (Å²) in [5.41, 5.74) is 6.81. The van der Waals surface area contributed by atoms with Gasteiger partial charge in [-0.2, -0.15) is 0 Å². The van der Waals surface area contributed by atoms with E-state index in [2.05, 4.69) is 0 Å². The highest BCUT2D eigenvalue weighted by atomic mass is 16.1. The summed E-state index contributed by atoms with van der Waals surface area (Å²) < 4.78 is 0. The maximum Gasteiger partial charge on any atom is 0.144 e. The molecule has 98 valence electrons. The Kier molecular flexibility index (Phi) is 4.54. The quantitative estimate of drug-likeness (QED) is 0.828. The molecule has 0 amide bonds. The van der Waals surface area contributed by atoms with Crippen molar-refractivity contribution in [2.24, 2.45) is 11.1 Å². The fraction of sp³-hybridized carbons (Fsp3) is 0.562. The second-order valence-corrected chi connectivity index (χ2v) is 5.48. The van der Waals surface area contributed by atoms with Gasteiger partial charge in [-0.15, -0.1) is 0 Å². The van der Waals surface area contributed by atoms with Gasteiger partial charge in [0.05, 0.1) is 0 Å². The molecule has 1 aromatic rings. The first-order valence-electron chi connectivity index (χ1n) is 7.04. The highest BCUT2D eigenvalue weighted by Crippen LogP contribution is 2.35. The second kappa shape index (κ2) is 6.14. The van der Waals surface area contributed by atoms with Crippen LogP contribution in [0.1, 0.15) is 44.1 Å². The van der Waals surface area contributed by atoms with Crippen molar-refractivity contribution in [2.45, 2.75) is 44.9 Å². The zero-order valence-electron chi connectivity index (χ0n) is 11.0. The first-order valence-corrected chi connectivity index (χ1v) is 7.04. The Hall–Kier alpha value is -1.15. The molecule has 2 nitrogen and oxygen atoms in total. The van der Waals surface area contributed by atoms with Crippen molar-refractivity contribution >= 4 is 5.78 Å². The predicted molar refractivity (Wildman–Crippen MR) is 74.3 cm³/mol. The highest BCUT2D eigenvalue weighted by Gasteiger charge is 2.36. The summed E-state index contributed by atoms with van der Waals surface area (Å²) in [7, 11) is 0. The summed E-state index contributed by atoms with van der Waals surface area (Å²) in [6.45, 7) is 0.513. The normalized spacial score (nSPS) is 19.2. The van der Waals surface area contributed by atoms with Crippen molar-refractivity contribution < 1.29 is 4.79 Å². The van der Waals surface area contributed by atoms with Crippen LogP contribution in [0.15, 0.2) is 30.3 Å². The molecule has 0 spiro atoms. The molecular weight excluding hydrogens is 222 g/mol. The number of Topliss-reactive ketones (excluding diaryl/α,β-unsaturated/α-hetero) is 1. The van der Waals surface area contributed by atoms with Gasteiger partial charge in [0.15, 0.2) is 0 Å². The second-order valence-electron chi connectivity index (χ2n) is 5.48. The molecule has 0 radical (unpaired) electrons. The van der Waals surface area contributed by atoms with Crippen molar-refractivity contribution in [3.05, 3.63) is 35.9 Å². The molecule has 1 saturated carbocycles. The zero-order chi connectivity index (χ0) is 12.8. The van der Waals surface area contributed by atoms with Crippen LogP contribution in [0.4, 0.5) is 0 Å². The molecule has 2 heteroatoms. The highest BCUT2D eigenvalue weighted by molar-refractivity contribution is 5.87. The number of ketones is 1. The van der Waals surface area contributed by atoms with Crippen molar-refractivity contribution in [2.75, 3.05) is 6.54 Å². The number of carbonyl (C=O) groups is 1. The third-order valence-electron chi connectivity index (χ3n) is 4.25. The van der Waals surface area contributed by atoms with E-state index >= 15 is 0 Å². The summed E-state index contributed by atoms with van der Waals surface area (Å²) in [5.74, 6) is 0.345. The fourth-order valence-electron chi connectivity index (χ4n) is 2.97. The smallest absolute Gasteiger partial charge is 0.144 e. The van der Waals surface area contributed by atoms with E-state index in [1.807, 2.05) is 30.3 Å². The average molecular weight is 245 g/mol. The number of hydrogen-bond donors (Lipinski definition) is 1. The van der Waals surface area contributed by atoms with E-state index in [1.54, 1.807) is 0 Å². The molecular formula is C16H23NO. The number of hydrogen-bond acceptors (Lipinski definition) is 2. The molecule has 0 unspecified atom stereocenters. The number of rotatable bonds is 4. The van der Waals surface area contributed by atoms with Gasteiger partial charge in [0.2, 0.25) is 0 Å². The maximum absolute atomic E-state index is 12.6. The van der Waals surface area contributed by atoms with E-state index in [-0.39, 0.29) is 5.41 Å². The Labute approximate surface area is 110 Å². The molecule has 0 heterocycles. The Morgan fingerprint density at radius 1 is 1.06 bits per heavy atom. The molecule has 18 heavy (non-hydrogen) atoms. The lowest BCUT2D eigenvalue weighted by molar-refractivity contribution is -0.128. The molecule has 1 fully saturated rings. The van der Waals surface area contributed by atoms with E-state index < -0.39 is 0 Å². The molecule has 2 N–H and O–H groups in total. The van der Waals surface area contributed by atoms with Gasteiger partial charge in [-0.25, -0.2) is 0 Å². The molecule has 0 saturated heterocycles. The number of nitrogens with two attached hydrogens (primary N) is 1. The number of benzene rings is 1. The van der Waals surface area contributed by atoms with Crippen LogP contribution < -0.4 is 5.73 Å². The van der Waals surface area contributed by atoms with Crippen LogP contribution in [0.25, 0.3) is 0 Å². The van der Waals surface area contributed by atoms with Gasteiger partial charge in [0.1, 0.15) is 5.78 Å². The molecule has 1 aliphatic rings. The molecule has 1 aromatic carbocycles. The van der Waals surface area contributed by atoms with Crippen LogP contribution in [0.5, 0.6) is 0 Å². The van der Waals surface area contributed by atoms with E-state index in [0.29, 0.717) is 18.7 Å². The van der Waals surface area contributed by atoms with Crippen molar-refractivity contribution in [3.8, 4) is 0 Å². The van der Waals surface area contributed by atoms with Gasteiger partial charge < -0.3 is 5.73 Å². The maximum atomic E-state index is 12.6. The third-order valence-corrected chi connectivity index (χ3v) is 4.25. The van der Waals surface area contributed by atoms with Gasteiger partial charge in [0.25, 0.3) is 0 Å². The minimum Gasteiger partial charge on any atom is -0.329 e. The monoisotopic (exact) mass is 245 g/mol. The summed E-state index contributed by atoms with van der Waals surface area (Å²) in [5, 5.41) is 0. The third kappa shape index (κ3) is 2.99. The predicted octanol–water partition coefficient (Wildman–Crippen LogP) is 3.10. The first-order chi connectivity index (χ1) is 8.77. The van der Waals surface area contributed by atoms with Gasteiger partial charge in [0, 0.05) is 18.4 Å². The Balaban J connectivity index is 2.09. The summed E-state index contributed by atoms with van der Waals surface area (Å²) in [6, 6.07) is 10.0. The summed E-state index contributed by atoms with van der Waals surface area (Å²) in [6.07, 6.45) is 7.30. The molecule has 0 bridgehead atoms. The first kappa shape index (κ1) is 13.3. The van der Waals surface area contributed by atoms with Crippen LogP contribution in [0.2, 0.25) is 0 Å². The van der Waals surface area contributed by atoms with Gasteiger partial charge in [-0.1, -0.05) is 56.0 Å². The number of carbonyl (C=O) groups excluding carboxylic acids is 1. The summed E-state index contributed by atoms with van der Waals surface area (Å²) in [4.78, 5) is 12.6. The van der Waals surface area contributed by atoms with Gasteiger partial charge in [-0.3, -0.25) is 4.79 Å². The van der Waals surface area contributed by atoms with Crippen molar-refractivity contribution in [3.63, 3.8) is 0 Å². The van der Waals surface area contributed by atoms with Crippen molar-refractivity contribution in [1.82, 2.24) is 0 Å².